The van der Waals surface area contributed by atoms with Crippen molar-refractivity contribution in [3.63, 3.8) is 0 Å². The highest BCUT2D eigenvalue weighted by Crippen LogP contribution is 2.27. The molecule has 1 aromatic heterocycles. The average Bonchev–Trinajstić information content (AvgIpc) is 2.88. The Labute approximate surface area is 116 Å². The summed E-state index contributed by atoms with van der Waals surface area (Å²) in [4.78, 5) is 12.9. The number of nitrogens with zero attached hydrogens (tertiary/aromatic N) is 1. The molecule has 3 nitrogen and oxygen atoms in total. The molecule has 19 heavy (non-hydrogen) atoms. The molecule has 0 radical (unpaired) electrons. The number of thiophene rings is 1. The number of hydrogen-bond donors (Lipinski definition) is 0. The zero-order chi connectivity index (χ0) is 13.8. The van der Waals surface area contributed by atoms with Crippen molar-refractivity contribution in [2.24, 2.45) is 0 Å². The van der Waals surface area contributed by atoms with Gasteiger partial charge < -0.3 is 4.74 Å². The van der Waals surface area contributed by atoms with Gasteiger partial charge in [-0.3, -0.25) is 4.79 Å². The van der Waals surface area contributed by atoms with Crippen LogP contribution in [-0.4, -0.2) is 12.9 Å². The fourth-order valence-electron chi connectivity index (χ4n) is 1.83. The number of methoxy groups -OCH3 is 1. The summed E-state index contributed by atoms with van der Waals surface area (Å²) >= 11 is 1.30. The molecule has 0 saturated heterocycles. The van der Waals surface area contributed by atoms with E-state index in [9.17, 15) is 10.1 Å². The topological polar surface area (TPSA) is 50.1 Å². The number of nitriles is 1. The van der Waals surface area contributed by atoms with Crippen molar-refractivity contribution < 1.29 is 9.53 Å². The third-order valence-corrected chi connectivity index (χ3v) is 3.74. The van der Waals surface area contributed by atoms with Crippen LogP contribution in [0.5, 0.6) is 5.75 Å². The second-order valence-electron chi connectivity index (χ2n) is 4.19. The second kappa shape index (κ2) is 5.68. The molecule has 0 N–H and O–H groups in total. The van der Waals surface area contributed by atoms with E-state index < -0.39 is 5.92 Å². The van der Waals surface area contributed by atoms with Crippen LogP contribution in [0.1, 0.15) is 26.7 Å². The summed E-state index contributed by atoms with van der Waals surface area (Å²) in [6.07, 6.45) is 0. The lowest BCUT2D eigenvalue weighted by Crippen LogP contribution is -2.09. The Kier molecular flexibility index (Phi) is 3.98. The molecule has 0 aliphatic carbocycles. The molecule has 1 atom stereocenters. The van der Waals surface area contributed by atoms with Gasteiger partial charge in [0.15, 0.2) is 5.78 Å². The van der Waals surface area contributed by atoms with E-state index in [-0.39, 0.29) is 5.78 Å². The molecule has 0 fully saturated rings. The van der Waals surface area contributed by atoms with Crippen molar-refractivity contribution in [1.29, 1.82) is 5.26 Å². The second-order valence-corrected chi connectivity index (χ2v) is 5.10. The summed E-state index contributed by atoms with van der Waals surface area (Å²) in [6.45, 7) is 1.94. The molecule has 0 aliphatic heterocycles. The minimum atomic E-state index is -0.761. The Bertz CT molecular complexity index is 640. The Morgan fingerprint density at radius 3 is 2.79 bits per heavy atom. The zero-order valence-corrected chi connectivity index (χ0v) is 11.5. The standard InChI is InChI=1S/C15H13NO2S/c1-10-4-3-5-11(6-10)13(8-16)15(17)14-7-12(18-2)9-19-14/h3-7,9,13H,1-2H3. The lowest BCUT2D eigenvalue weighted by molar-refractivity contribution is 0.0982. The summed E-state index contributed by atoms with van der Waals surface area (Å²) in [5.41, 5.74) is 1.77. The Hall–Kier alpha value is -2.12. The molecule has 0 amide bonds. The predicted octanol–water partition coefficient (Wildman–Crippen LogP) is 3.56. The first-order valence-corrected chi connectivity index (χ1v) is 6.66. The molecule has 4 heteroatoms. The lowest BCUT2D eigenvalue weighted by atomic mass is 9.94. The van der Waals surface area contributed by atoms with Crippen LogP contribution in [-0.2, 0) is 0 Å². The normalized spacial score (nSPS) is 11.6. The maximum Gasteiger partial charge on any atom is 0.194 e. The number of carbonyl (C=O) groups is 1. The fourth-order valence-corrected chi connectivity index (χ4v) is 2.66. The summed E-state index contributed by atoms with van der Waals surface area (Å²) < 4.78 is 5.06. The third kappa shape index (κ3) is 2.83. The monoisotopic (exact) mass is 271 g/mol. The fraction of sp³-hybridized carbons (Fsp3) is 0.200. The highest BCUT2D eigenvalue weighted by atomic mass is 32.1. The van der Waals surface area contributed by atoms with Gasteiger partial charge >= 0.3 is 0 Å². The van der Waals surface area contributed by atoms with Crippen LogP contribution < -0.4 is 4.74 Å². The van der Waals surface area contributed by atoms with Gasteiger partial charge in [0, 0.05) is 11.4 Å². The van der Waals surface area contributed by atoms with Crippen molar-refractivity contribution >= 4 is 17.1 Å². The molecular weight excluding hydrogens is 258 g/mol. The summed E-state index contributed by atoms with van der Waals surface area (Å²) in [5, 5.41) is 11.0. The summed E-state index contributed by atoms with van der Waals surface area (Å²) in [6, 6.07) is 11.2. The first-order valence-electron chi connectivity index (χ1n) is 5.78. The van der Waals surface area contributed by atoms with Gasteiger partial charge in [-0.1, -0.05) is 29.8 Å². The van der Waals surface area contributed by atoms with Crippen LogP contribution in [0, 0.1) is 18.3 Å². The highest BCUT2D eigenvalue weighted by molar-refractivity contribution is 7.12. The molecule has 2 rings (SSSR count). The van der Waals surface area contributed by atoms with E-state index in [1.54, 1.807) is 18.6 Å². The van der Waals surface area contributed by atoms with E-state index in [0.29, 0.717) is 10.6 Å². The number of aryl methyl sites for hydroxylation is 1. The largest absolute Gasteiger partial charge is 0.496 e. The number of rotatable bonds is 4. The number of benzene rings is 1. The van der Waals surface area contributed by atoms with Crippen molar-refractivity contribution in [2.45, 2.75) is 12.8 Å². The van der Waals surface area contributed by atoms with Gasteiger partial charge in [-0.25, -0.2) is 0 Å². The van der Waals surface area contributed by atoms with Gasteiger partial charge in [0.05, 0.1) is 18.1 Å². The van der Waals surface area contributed by atoms with E-state index in [0.717, 1.165) is 11.1 Å². The maximum atomic E-state index is 12.3. The third-order valence-electron chi connectivity index (χ3n) is 2.82. The van der Waals surface area contributed by atoms with Crippen LogP contribution in [0.3, 0.4) is 0 Å². The van der Waals surface area contributed by atoms with Crippen molar-refractivity contribution in [3.8, 4) is 11.8 Å². The quantitative estimate of drug-likeness (QED) is 0.799. The Balaban J connectivity index is 2.32. The van der Waals surface area contributed by atoms with Crippen molar-refractivity contribution in [1.82, 2.24) is 0 Å². The summed E-state index contributed by atoms with van der Waals surface area (Å²) in [7, 11) is 1.55. The van der Waals surface area contributed by atoms with Crippen LogP contribution in [0.4, 0.5) is 0 Å². The van der Waals surface area contributed by atoms with Gasteiger partial charge in [-0.15, -0.1) is 11.3 Å². The SMILES string of the molecule is COc1csc(C(=O)C(C#N)c2cccc(C)c2)c1. The smallest absolute Gasteiger partial charge is 0.194 e. The van der Waals surface area contributed by atoms with Crippen LogP contribution in [0.25, 0.3) is 0 Å². The molecule has 0 saturated carbocycles. The molecule has 96 valence electrons. The van der Waals surface area contributed by atoms with E-state index >= 15 is 0 Å². The van der Waals surface area contributed by atoms with Crippen molar-refractivity contribution in [3.05, 3.63) is 51.7 Å². The van der Waals surface area contributed by atoms with Gasteiger partial charge in [0.2, 0.25) is 0 Å². The van der Waals surface area contributed by atoms with E-state index in [1.807, 2.05) is 31.2 Å². The first-order chi connectivity index (χ1) is 9.15. The molecule has 2 aromatic rings. The van der Waals surface area contributed by atoms with E-state index in [2.05, 4.69) is 6.07 Å². The predicted molar refractivity (Wildman–Crippen MR) is 74.7 cm³/mol. The molecule has 0 bridgehead atoms. The average molecular weight is 271 g/mol. The Morgan fingerprint density at radius 1 is 1.42 bits per heavy atom. The first kappa shape index (κ1) is 13.3. The molecule has 1 unspecified atom stereocenters. The van der Waals surface area contributed by atoms with Crippen LogP contribution >= 0.6 is 11.3 Å². The maximum absolute atomic E-state index is 12.3. The minimum Gasteiger partial charge on any atom is -0.496 e. The highest BCUT2D eigenvalue weighted by Gasteiger charge is 2.23. The molecule has 0 spiro atoms. The number of carbonyl (C=O) groups excluding carboxylic acids is 1. The lowest BCUT2D eigenvalue weighted by Gasteiger charge is -2.07. The number of ketones is 1. The number of Topliss-reactive ketones (excluding diaryl/α,β-unsaturated/α-hetero) is 1. The molecular formula is C15H13NO2S. The van der Waals surface area contributed by atoms with Crippen LogP contribution in [0.2, 0.25) is 0 Å². The van der Waals surface area contributed by atoms with Crippen LogP contribution in [0.15, 0.2) is 35.7 Å². The molecule has 1 aromatic carbocycles. The zero-order valence-electron chi connectivity index (χ0n) is 10.7. The molecule has 0 aliphatic rings. The van der Waals surface area contributed by atoms with Gasteiger partial charge in [0.25, 0.3) is 0 Å². The Morgan fingerprint density at radius 2 is 2.21 bits per heavy atom. The van der Waals surface area contributed by atoms with Gasteiger partial charge in [-0.2, -0.15) is 5.26 Å². The van der Waals surface area contributed by atoms with Gasteiger partial charge in [-0.05, 0) is 12.5 Å². The minimum absolute atomic E-state index is 0.179. The van der Waals surface area contributed by atoms with Crippen molar-refractivity contribution in [2.75, 3.05) is 7.11 Å². The number of hydrogen-bond acceptors (Lipinski definition) is 4. The van der Waals surface area contributed by atoms with Gasteiger partial charge in [0.1, 0.15) is 11.7 Å². The summed E-state index contributed by atoms with van der Waals surface area (Å²) in [5.74, 6) is -0.293. The van der Waals surface area contributed by atoms with E-state index in [1.165, 1.54) is 11.3 Å². The molecule has 1 heterocycles. The van der Waals surface area contributed by atoms with E-state index in [4.69, 9.17) is 4.74 Å². The number of ether oxygens (including phenoxy) is 1.